The first kappa shape index (κ1) is 25.6. The summed E-state index contributed by atoms with van der Waals surface area (Å²) in [6.45, 7) is 12.7. The molecule has 0 radical (unpaired) electrons. The summed E-state index contributed by atoms with van der Waals surface area (Å²) in [5.41, 5.74) is 2.66. The van der Waals surface area contributed by atoms with Crippen molar-refractivity contribution in [2.75, 3.05) is 46.4 Å². The van der Waals surface area contributed by atoms with Crippen molar-refractivity contribution in [3.05, 3.63) is 46.7 Å². The lowest BCUT2D eigenvalue weighted by atomic mass is 9.93. The van der Waals surface area contributed by atoms with Gasteiger partial charge in [0.15, 0.2) is 0 Å². The number of likely N-dealkylation sites (N-methyl/N-ethyl adjacent to an activating group) is 1. The Morgan fingerprint density at radius 3 is 2.44 bits per heavy atom. The van der Waals surface area contributed by atoms with Crippen LogP contribution in [-0.2, 0) is 9.53 Å². The van der Waals surface area contributed by atoms with Crippen LogP contribution in [0.15, 0.2) is 35.5 Å². The van der Waals surface area contributed by atoms with Crippen molar-refractivity contribution in [2.24, 2.45) is 0 Å². The summed E-state index contributed by atoms with van der Waals surface area (Å²) >= 11 is 0. The third-order valence-corrected chi connectivity index (χ3v) is 5.96. The van der Waals surface area contributed by atoms with E-state index in [4.69, 9.17) is 4.74 Å². The van der Waals surface area contributed by atoms with Crippen molar-refractivity contribution >= 4 is 18.0 Å². The molecule has 0 unspecified atom stereocenters. The molecule has 34 heavy (non-hydrogen) atoms. The first-order valence-electron chi connectivity index (χ1n) is 11.8. The van der Waals surface area contributed by atoms with Crippen LogP contribution in [0.5, 0.6) is 0 Å². The average Bonchev–Trinajstić information content (AvgIpc) is 2.76. The Labute approximate surface area is 202 Å². The monoisotopic (exact) mass is 471 g/mol. The quantitative estimate of drug-likeness (QED) is 0.644. The zero-order valence-corrected chi connectivity index (χ0v) is 21.1. The van der Waals surface area contributed by atoms with Crippen LogP contribution in [0.3, 0.4) is 0 Å². The Morgan fingerprint density at radius 2 is 1.85 bits per heavy atom. The van der Waals surface area contributed by atoms with Crippen LogP contribution in [0.25, 0.3) is 0 Å². The average molecular weight is 472 g/mol. The number of amides is 4. The van der Waals surface area contributed by atoms with E-state index in [1.165, 1.54) is 4.90 Å². The highest BCUT2D eigenvalue weighted by Crippen LogP contribution is 2.32. The molecule has 0 bridgehead atoms. The summed E-state index contributed by atoms with van der Waals surface area (Å²) in [7, 11) is 1.67. The molecule has 0 saturated carbocycles. The summed E-state index contributed by atoms with van der Waals surface area (Å²) in [4.78, 5) is 43.9. The molecule has 2 N–H and O–H groups in total. The van der Waals surface area contributed by atoms with Gasteiger partial charge in [0.1, 0.15) is 0 Å². The highest BCUT2D eigenvalue weighted by atomic mass is 16.5. The predicted octanol–water partition coefficient (Wildman–Crippen LogP) is 2.63. The Balaban J connectivity index is 1.85. The van der Waals surface area contributed by atoms with Gasteiger partial charge in [-0.05, 0) is 40.2 Å². The van der Waals surface area contributed by atoms with Gasteiger partial charge in [-0.15, -0.1) is 0 Å². The van der Waals surface area contributed by atoms with Gasteiger partial charge < -0.3 is 20.3 Å². The van der Waals surface area contributed by atoms with Crippen LogP contribution in [0.1, 0.15) is 44.9 Å². The van der Waals surface area contributed by atoms with Gasteiger partial charge in [0.05, 0.1) is 18.2 Å². The van der Waals surface area contributed by atoms with Gasteiger partial charge in [0, 0.05) is 51.0 Å². The van der Waals surface area contributed by atoms with E-state index in [2.05, 4.69) is 15.5 Å². The van der Waals surface area contributed by atoms with Crippen LogP contribution in [0, 0.1) is 6.92 Å². The third-order valence-electron chi connectivity index (χ3n) is 5.96. The zero-order chi connectivity index (χ0) is 25.0. The first-order chi connectivity index (χ1) is 16.0. The Bertz CT molecular complexity index is 960. The maximum atomic E-state index is 13.1. The molecular formula is C25H37N5O4. The lowest BCUT2D eigenvalue weighted by molar-refractivity contribution is -0.139. The third kappa shape index (κ3) is 6.08. The fourth-order valence-corrected chi connectivity index (χ4v) is 4.22. The molecule has 186 valence electrons. The van der Waals surface area contributed by atoms with Gasteiger partial charge in [-0.2, -0.15) is 0 Å². The highest BCUT2D eigenvalue weighted by molar-refractivity contribution is 5.95. The van der Waals surface area contributed by atoms with E-state index in [-0.39, 0.29) is 24.2 Å². The van der Waals surface area contributed by atoms with E-state index in [0.717, 1.165) is 11.1 Å². The highest BCUT2D eigenvalue weighted by Gasteiger charge is 2.38. The van der Waals surface area contributed by atoms with Crippen LogP contribution in [-0.4, -0.2) is 84.6 Å². The summed E-state index contributed by atoms with van der Waals surface area (Å²) in [5, 5.41) is 5.96. The lowest BCUT2D eigenvalue weighted by Crippen LogP contribution is -2.56. The van der Waals surface area contributed by atoms with Gasteiger partial charge in [-0.1, -0.05) is 29.8 Å². The lowest BCUT2D eigenvalue weighted by Gasteiger charge is -2.40. The first-order valence-corrected chi connectivity index (χ1v) is 11.8. The summed E-state index contributed by atoms with van der Waals surface area (Å²) in [6.07, 6.45) is 0. The van der Waals surface area contributed by atoms with Crippen molar-refractivity contribution < 1.29 is 19.1 Å². The summed E-state index contributed by atoms with van der Waals surface area (Å²) in [6, 6.07) is 6.84. The number of carbonyl (C=O) groups excluding carboxylic acids is 3. The second-order valence-corrected chi connectivity index (χ2v) is 9.88. The number of nitrogens with zero attached hydrogens (tertiary/aromatic N) is 3. The number of piperazine rings is 1. The van der Waals surface area contributed by atoms with Crippen LogP contribution >= 0.6 is 0 Å². The van der Waals surface area contributed by atoms with E-state index < -0.39 is 12.0 Å². The largest absolute Gasteiger partial charge is 0.463 e. The number of hydrogen-bond donors (Lipinski definition) is 2. The van der Waals surface area contributed by atoms with E-state index in [1.54, 1.807) is 18.9 Å². The normalized spacial score (nSPS) is 19.7. The van der Waals surface area contributed by atoms with E-state index in [9.17, 15) is 14.4 Å². The molecule has 1 aromatic carbocycles. The second kappa shape index (κ2) is 10.5. The van der Waals surface area contributed by atoms with Crippen molar-refractivity contribution in [1.29, 1.82) is 0 Å². The molecule has 1 aromatic rings. The standard InChI is InChI=1S/C25H37N5O4/c1-7-34-22(31)20-19(16-29-11-13-30(14-12-29)24(33)27-25(3,4)5)28(6)23(32)26-21(20)18-10-8-9-17(2)15-18/h8-10,15,21H,7,11-14,16H2,1-6H3,(H,26,32)(H,27,33)/t21-/m1/s1. The number of rotatable bonds is 5. The molecule has 3 rings (SSSR count). The Hall–Kier alpha value is -3.07. The van der Waals surface area contributed by atoms with Gasteiger partial charge in [0.25, 0.3) is 0 Å². The van der Waals surface area contributed by atoms with Crippen molar-refractivity contribution in [3.63, 3.8) is 0 Å². The number of carbonyl (C=O) groups is 3. The van der Waals surface area contributed by atoms with Crippen LogP contribution < -0.4 is 10.6 Å². The summed E-state index contributed by atoms with van der Waals surface area (Å²) in [5.74, 6) is -0.431. The van der Waals surface area contributed by atoms with E-state index >= 15 is 0 Å². The number of urea groups is 2. The van der Waals surface area contributed by atoms with Crippen molar-refractivity contribution in [3.8, 4) is 0 Å². The van der Waals surface area contributed by atoms with Crippen LogP contribution in [0.2, 0.25) is 0 Å². The fourth-order valence-electron chi connectivity index (χ4n) is 4.22. The van der Waals surface area contributed by atoms with Gasteiger partial charge >= 0.3 is 18.0 Å². The minimum absolute atomic E-state index is 0.0766. The molecule has 4 amide bonds. The molecule has 1 saturated heterocycles. The molecule has 2 aliphatic rings. The number of benzene rings is 1. The molecule has 0 aromatic heterocycles. The number of nitrogens with one attached hydrogen (secondary N) is 2. The second-order valence-electron chi connectivity index (χ2n) is 9.88. The van der Waals surface area contributed by atoms with E-state index in [0.29, 0.717) is 44.0 Å². The Kier molecular flexibility index (Phi) is 7.86. The minimum Gasteiger partial charge on any atom is -0.463 e. The van der Waals surface area contributed by atoms with E-state index in [1.807, 2.05) is 52.0 Å². The summed E-state index contributed by atoms with van der Waals surface area (Å²) < 4.78 is 5.41. The topological polar surface area (TPSA) is 94.2 Å². The molecule has 9 heteroatoms. The zero-order valence-electron chi connectivity index (χ0n) is 21.1. The number of hydrogen-bond acceptors (Lipinski definition) is 5. The number of aryl methyl sites for hydroxylation is 1. The molecule has 1 atom stereocenters. The molecule has 9 nitrogen and oxygen atoms in total. The Morgan fingerprint density at radius 1 is 1.18 bits per heavy atom. The van der Waals surface area contributed by atoms with Gasteiger partial charge in [0.2, 0.25) is 0 Å². The molecule has 2 heterocycles. The molecule has 1 fully saturated rings. The fraction of sp³-hybridized carbons (Fsp3) is 0.560. The molecule has 2 aliphatic heterocycles. The minimum atomic E-state index is -0.587. The van der Waals surface area contributed by atoms with Crippen LogP contribution in [0.4, 0.5) is 9.59 Å². The van der Waals surface area contributed by atoms with Gasteiger partial charge in [-0.25, -0.2) is 14.4 Å². The smallest absolute Gasteiger partial charge is 0.338 e. The van der Waals surface area contributed by atoms with Gasteiger partial charge in [-0.3, -0.25) is 9.80 Å². The SMILES string of the molecule is CCOC(=O)C1=C(CN2CCN(C(=O)NC(C)(C)C)CC2)N(C)C(=O)N[C@@H]1c1cccc(C)c1. The molecule has 0 aliphatic carbocycles. The van der Waals surface area contributed by atoms with Crippen molar-refractivity contribution in [2.45, 2.75) is 46.2 Å². The molecular weight excluding hydrogens is 434 g/mol. The number of ether oxygens (including phenoxy) is 1. The maximum absolute atomic E-state index is 13.1. The predicted molar refractivity (Wildman–Crippen MR) is 130 cm³/mol. The maximum Gasteiger partial charge on any atom is 0.338 e. The van der Waals surface area contributed by atoms with Crippen molar-refractivity contribution in [1.82, 2.24) is 25.3 Å². The molecule has 0 spiro atoms. The number of esters is 1.